The smallest absolute Gasteiger partial charge is 0.283 e. The van der Waals surface area contributed by atoms with Gasteiger partial charge >= 0.3 is 0 Å². The first-order valence-corrected chi connectivity index (χ1v) is 9.83. The molecule has 0 aliphatic carbocycles. The number of nitrogens with zero attached hydrogens (tertiary/aromatic N) is 1. The molecular formula is C20H25BrFN3O2. The van der Waals surface area contributed by atoms with E-state index in [2.05, 4.69) is 26.7 Å². The molecule has 1 unspecified atom stereocenters. The van der Waals surface area contributed by atoms with Crippen LogP contribution in [-0.4, -0.2) is 17.1 Å². The lowest BCUT2D eigenvalue weighted by Crippen LogP contribution is -2.37. The fourth-order valence-electron chi connectivity index (χ4n) is 3.04. The Bertz CT molecular complexity index is 896. The van der Waals surface area contributed by atoms with Crippen molar-refractivity contribution in [1.82, 2.24) is 9.99 Å². The third-order valence-corrected chi connectivity index (χ3v) is 5.47. The highest BCUT2D eigenvalue weighted by molar-refractivity contribution is 9.10. The minimum atomic E-state index is -0.458. The van der Waals surface area contributed by atoms with Gasteiger partial charge in [0.1, 0.15) is 5.82 Å². The van der Waals surface area contributed by atoms with Crippen LogP contribution >= 0.6 is 15.9 Å². The number of hydrogen-bond acceptors (Lipinski definition) is 3. The lowest BCUT2D eigenvalue weighted by atomic mass is 10.0. The molecule has 1 aromatic heterocycles. The number of hydrogen-bond donors (Lipinski definition) is 2. The second kappa shape index (κ2) is 9.17. The number of carbonyl (C=O) groups excluding carboxylic acids is 1. The Morgan fingerprint density at radius 2 is 1.93 bits per heavy atom. The van der Waals surface area contributed by atoms with Gasteiger partial charge in [-0.05, 0) is 54.2 Å². The number of amides is 1. The van der Waals surface area contributed by atoms with Gasteiger partial charge in [-0.25, -0.2) is 9.07 Å². The normalized spacial score (nSPS) is 11.9. The molecule has 0 fully saturated rings. The van der Waals surface area contributed by atoms with E-state index in [9.17, 15) is 14.0 Å². The molecule has 1 amide bonds. The maximum Gasteiger partial charge on any atom is 0.283 e. The molecule has 0 aliphatic heterocycles. The second-order valence-electron chi connectivity index (χ2n) is 6.40. The first kappa shape index (κ1) is 21.2. The molecule has 5 nitrogen and oxygen atoms in total. The Labute approximate surface area is 167 Å². The summed E-state index contributed by atoms with van der Waals surface area (Å²) in [5.41, 5.74) is 4.73. The molecule has 146 valence electrons. The summed E-state index contributed by atoms with van der Waals surface area (Å²) in [4.78, 5) is 25.5. The largest absolute Gasteiger partial charge is 0.345 e. The van der Waals surface area contributed by atoms with Gasteiger partial charge in [-0.3, -0.25) is 9.59 Å². The zero-order valence-electron chi connectivity index (χ0n) is 16.0. The van der Waals surface area contributed by atoms with E-state index < -0.39 is 6.04 Å². The monoisotopic (exact) mass is 437 g/mol. The predicted molar refractivity (Wildman–Crippen MR) is 109 cm³/mol. The average Bonchev–Trinajstić information content (AvgIpc) is 2.65. The van der Waals surface area contributed by atoms with Crippen LogP contribution in [0, 0.1) is 19.7 Å². The third-order valence-electron chi connectivity index (χ3n) is 4.53. The van der Waals surface area contributed by atoms with Gasteiger partial charge in [-0.15, -0.1) is 0 Å². The van der Waals surface area contributed by atoms with E-state index in [0.29, 0.717) is 39.8 Å². The zero-order valence-corrected chi connectivity index (χ0v) is 17.6. The number of rotatable bonds is 7. The summed E-state index contributed by atoms with van der Waals surface area (Å²) in [5.74, 6) is -0.693. The minimum Gasteiger partial charge on any atom is -0.345 e. The highest BCUT2D eigenvalue weighted by atomic mass is 79.9. The Balaban J connectivity index is 2.44. The molecule has 27 heavy (non-hydrogen) atoms. The maximum absolute atomic E-state index is 14.1. The van der Waals surface area contributed by atoms with Crippen molar-refractivity contribution in [2.75, 3.05) is 12.0 Å². The fourth-order valence-corrected chi connectivity index (χ4v) is 3.42. The summed E-state index contributed by atoms with van der Waals surface area (Å²) >= 11 is 3.30. The van der Waals surface area contributed by atoms with Crippen molar-refractivity contribution in [3.05, 3.63) is 67.3 Å². The number of pyridine rings is 1. The van der Waals surface area contributed by atoms with E-state index >= 15 is 0 Å². The molecule has 1 atom stereocenters. The lowest BCUT2D eigenvalue weighted by Gasteiger charge is -2.22. The van der Waals surface area contributed by atoms with E-state index in [1.807, 2.05) is 13.8 Å². The van der Waals surface area contributed by atoms with Crippen molar-refractivity contribution in [2.24, 2.45) is 0 Å². The van der Waals surface area contributed by atoms with E-state index in [1.165, 1.54) is 10.7 Å². The average molecular weight is 438 g/mol. The quantitative estimate of drug-likeness (QED) is 0.681. The Kier molecular flexibility index (Phi) is 7.18. The molecule has 0 bridgehead atoms. The summed E-state index contributed by atoms with van der Waals surface area (Å²) in [5, 5.41) is 2.91. The molecular weight excluding hydrogens is 413 g/mol. The van der Waals surface area contributed by atoms with E-state index in [1.54, 1.807) is 32.0 Å². The van der Waals surface area contributed by atoms with Crippen LogP contribution < -0.4 is 16.3 Å². The Hall–Kier alpha value is -2.15. The molecule has 0 spiro atoms. The second-order valence-corrected chi connectivity index (χ2v) is 7.20. The van der Waals surface area contributed by atoms with Gasteiger partial charge in [0.25, 0.3) is 11.5 Å². The van der Waals surface area contributed by atoms with Crippen LogP contribution in [0.25, 0.3) is 0 Å². The van der Waals surface area contributed by atoms with Gasteiger partial charge in [-0.1, -0.05) is 32.0 Å². The number of nitrogens with one attached hydrogen (secondary N) is 2. The van der Waals surface area contributed by atoms with Crippen LogP contribution in [-0.2, 0) is 0 Å². The molecule has 0 aliphatic rings. The van der Waals surface area contributed by atoms with E-state index in [-0.39, 0.29) is 17.3 Å². The Morgan fingerprint density at radius 3 is 2.52 bits per heavy atom. The van der Waals surface area contributed by atoms with Crippen LogP contribution in [0.5, 0.6) is 0 Å². The number of aromatic nitrogens is 1. The molecule has 1 aromatic carbocycles. The summed E-state index contributed by atoms with van der Waals surface area (Å²) in [6.45, 7) is 7.93. The first-order valence-electron chi connectivity index (χ1n) is 9.04. The highest BCUT2D eigenvalue weighted by Crippen LogP contribution is 2.23. The van der Waals surface area contributed by atoms with E-state index in [0.717, 1.165) is 6.42 Å². The van der Waals surface area contributed by atoms with Crippen LogP contribution in [0.15, 0.2) is 33.5 Å². The van der Waals surface area contributed by atoms with Crippen molar-refractivity contribution in [1.29, 1.82) is 0 Å². The molecule has 0 saturated heterocycles. The summed E-state index contributed by atoms with van der Waals surface area (Å²) in [7, 11) is 0. The number of halogens is 2. The predicted octanol–water partition coefficient (Wildman–Crippen LogP) is 4.20. The zero-order chi connectivity index (χ0) is 20.1. The van der Waals surface area contributed by atoms with Gasteiger partial charge in [0, 0.05) is 12.1 Å². The fraction of sp³-hybridized carbons (Fsp3) is 0.400. The van der Waals surface area contributed by atoms with Gasteiger partial charge in [0.2, 0.25) is 0 Å². The van der Waals surface area contributed by atoms with Crippen molar-refractivity contribution >= 4 is 21.8 Å². The molecule has 2 aromatic rings. The van der Waals surface area contributed by atoms with Crippen molar-refractivity contribution in [3.63, 3.8) is 0 Å². The molecule has 1 heterocycles. The van der Waals surface area contributed by atoms with Gasteiger partial charge in [0.05, 0.1) is 21.8 Å². The summed E-state index contributed by atoms with van der Waals surface area (Å²) in [6, 6.07) is 5.96. The molecule has 7 heteroatoms. The van der Waals surface area contributed by atoms with Crippen LogP contribution in [0.3, 0.4) is 0 Å². The van der Waals surface area contributed by atoms with Gasteiger partial charge in [0.15, 0.2) is 0 Å². The van der Waals surface area contributed by atoms with Crippen molar-refractivity contribution < 1.29 is 9.18 Å². The molecule has 0 saturated carbocycles. The van der Waals surface area contributed by atoms with E-state index in [4.69, 9.17) is 0 Å². The lowest BCUT2D eigenvalue weighted by molar-refractivity contribution is 0.0932. The summed E-state index contributed by atoms with van der Waals surface area (Å²) in [6.07, 6.45) is 1.38. The van der Waals surface area contributed by atoms with Gasteiger partial charge in [-0.2, -0.15) is 0 Å². The number of benzene rings is 1. The van der Waals surface area contributed by atoms with Crippen LogP contribution in [0.1, 0.15) is 59.9 Å². The van der Waals surface area contributed by atoms with Crippen molar-refractivity contribution in [2.45, 2.75) is 46.6 Å². The topological polar surface area (TPSA) is 63.1 Å². The molecule has 0 radical (unpaired) electrons. The van der Waals surface area contributed by atoms with Crippen LogP contribution in [0.4, 0.5) is 4.39 Å². The number of carbonyl (C=O) groups is 1. The van der Waals surface area contributed by atoms with Crippen molar-refractivity contribution in [3.8, 4) is 0 Å². The standard InChI is InChI=1S/C20H25BrFN3O2/c1-5-11-23-25-13(4)17(12(3)18(21)20(25)27)19(26)24-16(6-2)14-9-7-8-10-15(14)22/h7-10,16,23H,5-6,11H2,1-4H3,(H,24,26). The molecule has 2 rings (SSSR count). The first-order chi connectivity index (χ1) is 12.8. The maximum atomic E-state index is 14.1. The minimum absolute atomic E-state index is 0.240. The van der Waals surface area contributed by atoms with Crippen LogP contribution in [0.2, 0.25) is 0 Å². The third kappa shape index (κ3) is 4.40. The SMILES string of the molecule is CCCNn1c(C)c(C(=O)NC(CC)c2ccccc2F)c(C)c(Br)c1=O. The summed E-state index contributed by atoms with van der Waals surface area (Å²) < 4.78 is 15.9. The van der Waals surface area contributed by atoms with Gasteiger partial charge < -0.3 is 10.7 Å². The Morgan fingerprint density at radius 1 is 1.26 bits per heavy atom. The molecule has 2 N–H and O–H groups in total. The highest BCUT2D eigenvalue weighted by Gasteiger charge is 2.23.